The number of carbonyl (C=O) groups is 2. The van der Waals surface area contributed by atoms with Crippen LogP contribution in [0.15, 0.2) is 0 Å². The van der Waals surface area contributed by atoms with Gasteiger partial charge < -0.3 is 10.2 Å². The summed E-state index contributed by atoms with van der Waals surface area (Å²) in [5.74, 6) is 0.280. The summed E-state index contributed by atoms with van der Waals surface area (Å²) in [6, 6.07) is -0.469. The van der Waals surface area contributed by atoms with E-state index in [1.807, 2.05) is 25.7 Å². The lowest BCUT2D eigenvalue weighted by Crippen LogP contribution is -2.68. The van der Waals surface area contributed by atoms with Gasteiger partial charge in [-0.05, 0) is 30.6 Å². The molecule has 1 aliphatic carbocycles. The molecule has 1 saturated carbocycles. The lowest BCUT2D eigenvalue weighted by molar-refractivity contribution is -0.158. The molecule has 4 nitrogen and oxygen atoms in total. The maximum Gasteiger partial charge on any atom is 0.246 e. The summed E-state index contributed by atoms with van der Waals surface area (Å²) in [5, 5.41) is 2.93. The monoisotopic (exact) mass is 294 g/mol. The van der Waals surface area contributed by atoms with Crippen molar-refractivity contribution >= 4 is 11.8 Å². The number of nitrogens with zero attached hydrogens (tertiary/aromatic N) is 1. The topological polar surface area (TPSA) is 49.4 Å². The van der Waals surface area contributed by atoms with Gasteiger partial charge in [0.2, 0.25) is 11.8 Å². The van der Waals surface area contributed by atoms with E-state index in [9.17, 15) is 9.59 Å². The molecule has 4 heteroatoms. The third-order valence-electron chi connectivity index (χ3n) is 5.30. The Balaban J connectivity index is 2.35. The SMILES string of the molecule is CCC1C(=O)NC(C(C)C)C(=O)N1C1CCCCC1(C)C. The van der Waals surface area contributed by atoms with Crippen LogP contribution in [0.25, 0.3) is 0 Å². The Kier molecular flexibility index (Phi) is 4.64. The van der Waals surface area contributed by atoms with E-state index in [2.05, 4.69) is 19.2 Å². The molecule has 0 radical (unpaired) electrons. The number of hydrogen-bond donors (Lipinski definition) is 1. The standard InChI is InChI=1S/C17H30N2O2/c1-6-12-15(20)18-14(11(2)3)16(21)19(12)13-9-7-8-10-17(13,4)5/h11-14H,6-10H2,1-5H3,(H,18,20). The molecule has 2 amide bonds. The molecule has 1 saturated heterocycles. The van der Waals surface area contributed by atoms with Crippen molar-refractivity contribution in [3.63, 3.8) is 0 Å². The fourth-order valence-corrected chi connectivity index (χ4v) is 3.95. The molecular formula is C17H30N2O2. The van der Waals surface area contributed by atoms with Crippen LogP contribution in [0.2, 0.25) is 0 Å². The summed E-state index contributed by atoms with van der Waals surface area (Å²) in [7, 11) is 0. The molecule has 2 aliphatic rings. The molecule has 0 aromatic heterocycles. The average molecular weight is 294 g/mol. The third kappa shape index (κ3) is 2.95. The highest BCUT2D eigenvalue weighted by Crippen LogP contribution is 2.40. The Bertz CT molecular complexity index is 417. The van der Waals surface area contributed by atoms with Crippen molar-refractivity contribution in [2.75, 3.05) is 0 Å². The Morgan fingerprint density at radius 2 is 1.95 bits per heavy atom. The number of rotatable bonds is 3. The van der Waals surface area contributed by atoms with Crippen LogP contribution in [0.4, 0.5) is 0 Å². The second-order valence-electron chi connectivity index (χ2n) is 7.65. The van der Waals surface area contributed by atoms with Gasteiger partial charge in [-0.15, -0.1) is 0 Å². The zero-order chi connectivity index (χ0) is 15.8. The minimum absolute atomic E-state index is 0.0252. The van der Waals surface area contributed by atoms with Crippen LogP contribution < -0.4 is 5.32 Å². The summed E-state index contributed by atoms with van der Waals surface area (Å²) in [4.78, 5) is 27.4. The minimum Gasteiger partial charge on any atom is -0.342 e. The number of amides is 2. The van der Waals surface area contributed by atoms with Crippen molar-refractivity contribution in [1.82, 2.24) is 10.2 Å². The van der Waals surface area contributed by atoms with Crippen molar-refractivity contribution in [1.29, 1.82) is 0 Å². The Labute approximate surface area is 128 Å². The van der Waals surface area contributed by atoms with Gasteiger partial charge in [0.1, 0.15) is 12.1 Å². The lowest BCUT2D eigenvalue weighted by atomic mass is 9.71. The Morgan fingerprint density at radius 3 is 2.48 bits per heavy atom. The van der Waals surface area contributed by atoms with E-state index in [1.165, 1.54) is 6.42 Å². The molecule has 120 valence electrons. The zero-order valence-corrected chi connectivity index (χ0v) is 14.1. The van der Waals surface area contributed by atoms with Crippen LogP contribution in [0.3, 0.4) is 0 Å². The third-order valence-corrected chi connectivity index (χ3v) is 5.30. The van der Waals surface area contributed by atoms with E-state index in [-0.39, 0.29) is 41.3 Å². The van der Waals surface area contributed by atoms with Crippen molar-refractivity contribution in [3.8, 4) is 0 Å². The van der Waals surface area contributed by atoms with Gasteiger partial charge in [-0.2, -0.15) is 0 Å². The van der Waals surface area contributed by atoms with E-state index in [4.69, 9.17) is 0 Å². The molecule has 1 N–H and O–H groups in total. The molecule has 0 bridgehead atoms. The van der Waals surface area contributed by atoms with E-state index in [0.717, 1.165) is 19.3 Å². The highest BCUT2D eigenvalue weighted by atomic mass is 16.2. The summed E-state index contributed by atoms with van der Waals surface area (Å²) < 4.78 is 0. The number of piperazine rings is 1. The highest BCUT2D eigenvalue weighted by Gasteiger charge is 2.48. The Hall–Kier alpha value is -1.06. The quantitative estimate of drug-likeness (QED) is 0.870. The first-order chi connectivity index (χ1) is 9.79. The molecule has 0 aromatic carbocycles. The second kappa shape index (κ2) is 5.98. The van der Waals surface area contributed by atoms with Crippen LogP contribution in [0.5, 0.6) is 0 Å². The van der Waals surface area contributed by atoms with Gasteiger partial charge in [-0.25, -0.2) is 0 Å². The first-order valence-electron chi connectivity index (χ1n) is 8.42. The van der Waals surface area contributed by atoms with Gasteiger partial charge in [0.15, 0.2) is 0 Å². The second-order valence-corrected chi connectivity index (χ2v) is 7.65. The molecule has 3 atom stereocenters. The van der Waals surface area contributed by atoms with Gasteiger partial charge in [-0.1, -0.05) is 47.5 Å². The molecule has 2 rings (SSSR count). The van der Waals surface area contributed by atoms with Gasteiger partial charge in [-0.3, -0.25) is 9.59 Å². The summed E-state index contributed by atoms with van der Waals surface area (Å²) in [5.41, 5.74) is 0.0977. The van der Waals surface area contributed by atoms with Crippen LogP contribution in [-0.2, 0) is 9.59 Å². The van der Waals surface area contributed by atoms with E-state index in [1.54, 1.807) is 0 Å². The average Bonchev–Trinajstić information content (AvgIpc) is 2.40. The number of nitrogens with one attached hydrogen (secondary N) is 1. The van der Waals surface area contributed by atoms with Crippen molar-refractivity contribution in [3.05, 3.63) is 0 Å². The fraction of sp³-hybridized carbons (Fsp3) is 0.882. The maximum atomic E-state index is 13.0. The Morgan fingerprint density at radius 1 is 1.29 bits per heavy atom. The van der Waals surface area contributed by atoms with Gasteiger partial charge in [0.25, 0.3) is 0 Å². The van der Waals surface area contributed by atoms with Crippen LogP contribution in [-0.4, -0.2) is 34.8 Å². The first-order valence-corrected chi connectivity index (χ1v) is 8.42. The lowest BCUT2D eigenvalue weighted by Gasteiger charge is -2.51. The normalized spacial score (nSPS) is 33.2. The van der Waals surface area contributed by atoms with Crippen LogP contribution in [0, 0.1) is 11.3 Å². The largest absolute Gasteiger partial charge is 0.342 e. The summed E-state index contributed by atoms with van der Waals surface area (Å²) in [6.45, 7) is 10.5. The van der Waals surface area contributed by atoms with E-state index < -0.39 is 0 Å². The smallest absolute Gasteiger partial charge is 0.246 e. The maximum absolute atomic E-state index is 13.0. The van der Waals surface area contributed by atoms with Crippen molar-refractivity contribution < 1.29 is 9.59 Å². The first kappa shape index (κ1) is 16.3. The van der Waals surface area contributed by atoms with Gasteiger partial charge >= 0.3 is 0 Å². The van der Waals surface area contributed by atoms with Crippen molar-refractivity contribution in [2.45, 2.75) is 84.8 Å². The van der Waals surface area contributed by atoms with E-state index in [0.29, 0.717) is 6.42 Å². The summed E-state index contributed by atoms with van der Waals surface area (Å²) in [6.07, 6.45) is 5.22. The molecule has 1 heterocycles. The van der Waals surface area contributed by atoms with Gasteiger partial charge in [0.05, 0.1) is 0 Å². The molecule has 3 unspecified atom stereocenters. The molecule has 0 spiro atoms. The fourth-order valence-electron chi connectivity index (χ4n) is 3.95. The van der Waals surface area contributed by atoms with E-state index >= 15 is 0 Å². The molecule has 2 fully saturated rings. The number of carbonyl (C=O) groups excluding carboxylic acids is 2. The van der Waals surface area contributed by atoms with Crippen LogP contribution >= 0.6 is 0 Å². The highest BCUT2D eigenvalue weighted by molar-refractivity contribution is 5.97. The van der Waals surface area contributed by atoms with Gasteiger partial charge in [0, 0.05) is 6.04 Å². The summed E-state index contributed by atoms with van der Waals surface area (Å²) >= 11 is 0. The zero-order valence-electron chi connectivity index (χ0n) is 14.1. The molecular weight excluding hydrogens is 264 g/mol. The predicted molar refractivity (Wildman–Crippen MR) is 83.7 cm³/mol. The molecule has 0 aromatic rings. The molecule has 21 heavy (non-hydrogen) atoms. The minimum atomic E-state index is -0.363. The molecule has 1 aliphatic heterocycles. The van der Waals surface area contributed by atoms with Crippen molar-refractivity contribution in [2.24, 2.45) is 11.3 Å². The predicted octanol–water partition coefficient (Wildman–Crippen LogP) is 2.72. The van der Waals surface area contributed by atoms with Crippen LogP contribution in [0.1, 0.15) is 66.7 Å². The number of hydrogen-bond acceptors (Lipinski definition) is 2.